The number of nitrogens with one attached hydrogen (secondary N) is 1. The van der Waals surface area contributed by atoms with Crippen LogP contribution in [0.5, 0.6) is 0 Å². The molecule has 2 amide bonds. The summed E-state index contributed by atoms with van der Waals surface area (Å²) in [6.07, 6.45) is 0.135. The van der Waals surface area contributed by atoms with E-state index in [2.05, 4.69) is 32.9 Å². The first-order valence-corrected chi connectivity index (χ1v) is 7.93. The molecule has 1 aromatic carbocycles. The van der Waals surface area contributed by atoms with Crippen molar-refractivity contribution in [2.75, 3.05) is 19.4 Å². The number of hydrogen-bond acceptors (Lipinski definition) is 4. The number of carbonyl (C=O) groups excluding carboxylic acids is 2. The molecule has 0 aliphatic carbocycles. The Kier molecular flexibility index (Phi) is 5.03. The van der Waals surface area contributed by atoms with Gasteiger partial charge in [0.25, 0.3) is 5.91 Å². The zero-order valence-electron chi connectivity index (χ0n) is 11.1. The fourth-order valence-corrected chi connectivity index (χ4v) is 2.97. The predicted molar refractivity (Wildman–Crippen MR) is 89.9 cm³/mol. The first kappa shape index (κ1) is 15.3. The average molecular weight is 403 g/mol. The highest BCUT2D eigenvalue weighted by molar-refractivity contribution is 14.1. The summed E-state index contributed by atoms with van der Waals surface area (Å²) >= 11 is 3.53. The molecule has 0 bridgehead atoms. The van der Waals surface area contributed by atoms with E-state index in [1.54, 1.807) is 4.90 Å². The minimum Gasteiger partial charge on any atom is -0.357 e. The Morgan fingerprint density at radius 1 is 1.40 bits per heavy atom. The maximum Gasteiger partial charge on any atom is 0.262 e. The van der Waals surface area contributed by atoms with E-state index < -0.39 is 5.25 Å². The predicted octanol–water partition coefficient (Wildman–Crippen LogP) is 2.18. The third-order valence-corrected chi connectivity index (χ3v) is 4.65. The molecule has 1 aromatic rings. The molecule has 20 heavy (non-hydrogen) atoms. The quantitative estimate of drug-likeness (QED) is 0.787. The summed E-state index contributed by atoms with van der Waals surface area (Å²) in [5.41, 5.74) is 0.736. The van der Waals surface area contributed by atoms with Crippen LogP contribution in [0.15, 0.2) is 29.3 Å². The highest BCUT2D eigenvalue weighted by Gasteiger charge is 2.31. The number of amidine groups is 1. The lowest BCUT2D eigenvalue weighted by atomic mass is 10.2. The topological polar surface area (TPSA) is 61.8 Å². The summed E-state index contributed by atoms with van der Waals surface area (Å²) in [5, 5.41) is 3.02. The summed E-state index contributed by atoms with van der Waals surface area (Å²) < 4.78 is 1.10. The van der Waals surface area contributed by atoms with E-state index in [0.29, 0.717) is 5.17 Å². The van der Waals surface area contributed by atoms with Crippen LogP contribution >= 0.6 is 34.4 Å². The highest BCUT2D eigenvalue weighted by Crippen LogP contribution is 2.26. The van der Waals surface area contributed by atoms with Crippen molar-refractivity contribution in [1.82, 2.24) is 4.90 Å². The van der Waals surface area contributed by atoms with Crippen molar-refractivity contribution in [3.63, 3.8) is 0 Å². The lowest BCUT2D eigenvalue weighted by Gasteiger charge is -2.11. The van der Waals surface area contributed by atoms with Gasteiger partial charge in [-0.15, -0.1) is 0 Å². The Labute approximate surface area is 135 Å². The van der Waals surface area contributed by atoms with Crippen LogP contribution in [0.25, 0.3) is 0 Å². The summed E-state index contributed by atoms with van der Waals surface area (Å²) in [5.74, 6) is -0.413. The van der Waals surface area contributed by atoms with Crippen LogP contribution < -0.4 is 5.32 Å². The third kappa shape index (κ3) is 3.95. The maximum atomic E-state index is 11.9. The second-order valence-corrected chi connectivity index (χ2v) is 6.91. The van der Waals surface area contributed by atoms with Gasteiger partial charge in [-0.2, -0.15) is 4.99 Å². The van der Waals surface area contributed by atoms with Crippen LogP contribution in [0.1, 0.15) is 6.42 Å². The highest BCUT2D eigenvalue weighted by atomic mass is 127. The lowest BCUT2D eigenvalue weighted by molar-refractivity contribution is -0.121. The summed E-state index contributed by atoms with van der Waals surface area (Å²) in [4.78, 5) is 29.3. The number of thioether (sulfide) groups is 1. The van der Waals surface area contributed by atoms with E-state index in [4.69, 9.17) is 0 Å². The molecule has 0 fully saturated rings. The van der Waals surface area contributed by atoms with Crippen molar-refractivity contribution < 1.29 is 9.59 Å². The molecule has 106 valence electrons. The average Bonchev–Trinajstić information content (AvgIpc) is 2.74. The minimum atomic E-state index is -0.420. The zero-order chi connectivity index (χ0) is 14.7. The second kappa shape index (κ2) is 6.57. The van der Waals surface area contributed by atoms with Crippen molar-refractivity contribution in [3.05, 3.63) is 27.8 Å². The second-order valence-electron chi connectivity index (χ2n) is 4.49. The molecule has 0 saturated heterocycles. The number of halogens is 1. The van der Waals surface area contributed by atoms with E-state index in [0.717, 1.165) is 9.26 Å². The number of benzene rings is 1. The third-order valence-electron chi connectivity index (χ3n) is 2.61. The van der Waals surface area contributed by atoms with Gasteiger partial charge < -0.3 is 10.2 Å². The van der Waals surface area contributed by atoms with E-state index >= 15 is 0 Å². The lowest BCUT2D eigenvalue weighted by Crippen LogP contribution is -2.22. The van der Waals surface area contributed by atoms with Gasteiger partial charge in [-0.05, 0) is 46.9 Å². The van der Waals surface area contributed by atoms with Gasteiger partial charge in [-0.1, -0.05) is 11.8 Å². The number of rotatable bonds is 3. The smallest absolute Gasteiger partial charge is 0.262 e. The van der Waals surface area contributed by atoms with Crippen LogP contribution in [-0.4, -0.2) is 41.2 Å². The van der Waals surface area contributed by atoms with Crippen LogP contribution in [0.2, 0.25) is 0 Å². The van der Waals surface area contributed by atoms with Gasteiger partial charge in [0.15, 0.2) is 5.17 Å². The molecule has 1 unspecified atom stereocenters. The molecule has 1 aliphatic heterocycles. The molecule has 1 aliphatic rings. The Morgan fingerprint density at radius 3 is 2.60 bits per heavy atom. The first-order chi connectivity index (χ1) is 9.45. The van der Waals surface area contributed by atoms with Crippen molar-refractivity contribution in [2.24, 2.45) is 4.99 Å². The molecular formula is C13H14IN3O2S. The standard InChI is InChI=1S/C13H14IN3O2S/c1-17(2)13-16-12(19)10(20-13)7-11(18)15-9-5-3-8(14)4-6-9/h3-6,10H,7H2,1-2H3,(H,15,18). The Hall–Kier alpha value is -1.09. The monoisotopic (exact) mass is 403 g/mol. The van der Waals surface area contributed by atoms with Gasteiger partial charge in [0.2, 0.25) is 5.91 Å². The van der Waals surface area contributed by atoms with Gasteiger partial charge >= 0.3 is 0 Å². The van der Waals surface area contributed by atoms with E-state index in [-0.39, 0.29) is 18.2 Å². The Bertz CT molecular complexity index is 557. The van der Waals surface area contributed by atoms with Crippen LogP contribution in [0.3, 0.4) is 0 Å². The number of anilines is 1. The Balaban J connectivity index is 1.90. The molecule has 0 aromatic heterocycles. The Morgan fingerprint density at radius 2 is 2.05 bits per heavy atom. The summed E-state index contributed by atoms with van der Waals surface area (Å²) in [6, 6.07) is 7.51. The van der Waals surface area contributed by atoms with Crippen LogP contribution in [0.4, 0.5) is 5.69 Å². The molecule has 1 N–H and O–H groups in total. The van der Waals surface area contributed by atoms with Gasteiger partial charge in [0.05, 0.1) is 0 Å². The van der Waals surface area contributed by atoms with Gasteiger partial charge in [0.1, 0.15) is 5.25 Å². The SMILES string of the molecule is CN(C)C1=NC(=O)C(CC(=O)Nc2ccc(I)cc2)S1. The normalized spacial score (nSPS) is 17.9. The number of hydrogen-bond donors (Lipinski definition) is 1. The van der Waals surface area contributed by atoms with E-state index in [1.165, 1.54) is 11.8 Å². The number of aliphatic imine (C=N–C) groups is 1. The molecule has 0 spiro atoms. The van der Waals surface area contributed by atoms with Crippen molar-refractivity contribution in [1.29, 1.82) is 0 Å². The summed E-state index contributed by atoms with van der Waals surface area (Å²) in [7, 11) is 3.65. The number of nitrogens with zero attached hydrogens (tertiary/aromatic N) is 2. The zero-order valence-corrected chi connectivity index (χ0v) is 14.1. The van der Waals surface area contributed by atoms with Crippen LogP contribution in [-0.2, 0) is 9.59 Å². The van der Waals surface area contributed by atoms with Crippen molar-refractivity contribution >= 4 is 57.0 Å². The van der Waals surface area contributed by atoms with Crippen molar-refractivity contribution in [3.8, 4) is 0 Å². The van der Waals surface area contributed by atoms with Gasteiger partial charge in [-0.3, -0.25) is 9.59 Å². The maximum absolute atomic E-state index is 11.9. The fourth-order valence-electron chi connectivity index (χ4n) is 1.62. The van der Waals surface area contributed by atoms with Crippen molar-refractivity contribution in [2.45, 2.75) is 11.7 Å². The van der Waals surface area contributed by atoms with Gasteiger partial charge in [-0.25, -0.2) is 0 Å². The molecule has 1 atom stereocenters. The molecule has 7 heteroatoms. The molecule has 0 saturated carbocycles. The first-order valence-electron chi connectivity index (χ1n) is 5.97. The fraction of sp³-hybridized carbons (Fsp3) is 0.308. The van der Waals surface area contributed by atoms with Gasteiger partial charge in [0, 0.05) is 29.8 Å². The molecule has 0 radical (unpaired) electrons. The minimum absolute atomic E-state index is 0.135. The largest absolute Gasteiger partial charge is 0.357 e. The van der Waals surface area contributed by atoms with E-state index in [1.807, 2.05) is 38.4 Å². The molecule has 2 rings (SSSR count). The summed E-state index contributed by atoms with van der Waals surface area (Å²) in [6.45, 7) is 0. The molecule has 5 nitrogen and oxygen atoms in total. The number of carbonyl (C=O) groups is 2. The van der Waals surface area contributed by atoms with Crippen LogP contribution in [0, 0.1) is 3.57 Å². The molecular weight excluding hydrogens is 389 g/mol. The number of amides is 2. The molecule has 1 heterocycles. The van der Waals surface area contributed by atoms with E-state index in [9.17, 15) is 9.59 Å².